The monoisotopic (exact) mass is 377 g/mol. The van der Waals surface area contributed by atoms with E-state index in [4.69, 9.17) is 0 Å². The van der Waals surface area contributed by atoms with Crippen LogP contribution in [0.25, 0.3) is 11.3 Å². The summed E-state index contributed by atoms with van der Waals surface area (Å²) in [5.41, 5.74) is 3.93. The maximum atomic E-state index is 12.3. The van der Waals surface area contributed by atoms with Crippen LogP contribution in [-0.4, -0.2) is 21.1 Å². The molecule has 0 bridgehead atoms. The van der Waals surface area contributed by atoms with Gasteiger partial charge in [-0.05, 0) is 47.5 Å². The van der Waals surface area contributed by atoms with Crippen LogP contribution in [0.3, 0.4) is 0 Å². The third-order valence-electron chi connectivity index (χ3n) is 3.95. The van der Waals surface area contributed by atoms with Crippen LogP contribution in [0.2, 0.25) is 0 Å². The molecular formula is C22H23N3OS. The number of nitrogens with zero attached hydrogens (tertiary/aromatic N) is 2. The van der Waals surface area contributed by atoms with E-state index in [2.05, 4.69) is 41.3 Å². The number of thioether (sulfide) groups is 1. The normalized spacial score (nSPS) is 10.8. The van der Waals surface area contributed by atoms with Gasteiger partial charge in [-0.1, -0.05) is 26.0 Å². The molecule has 3 aromatic rings. The molecule has 1 amide bonds. The summed E-state index contributed by atoms with van der Waals surface area (Å²) in [7, 11) is 0. The third-order valence-corrected chi connectivity index (χ3v) is 4.97. The van der Waals surface area contributed by atoms with Crippen LogP contribution in [0.15, 0.2) is 72.0 Å². The Morgan fingerprint density at radius 1 is 1.00 bits per heavy atom. The predicted molar refractivity (Wildman–Crippen MR) is 110 cm³/mol. The molecule has 3 rings (SSSR count). The van der Waals surface area contributed by atoms with Crippen LogP contribution in [0.1, 0.15) is 25.0 Å². The molecule has 0 spiro atoms. The molecule has 27 heavy (non-hydrogen) atoms. The quantitative estimate of drug-likeness (QED) is 0.616. The fraction of sp³-hybridized carbons (Fsp3) is 0.227. The number of hydrogen-bond acceptors (Lipinski definition) is 4. The van der Waals surface area contributed by atoms with Gasteiger partial charge in [-0.3, -0.25) is 14.8 Å². The molecule has 4 nitrogen and oxygen atoms in total. The van der Waals surface area contributed by atoms with Gasteiger partial charge in [0.05, 0.1) is 12.1 Å². The first-order chi connectivity index (χ1) is 13.1. The smallest absolute Gasteiger partial charge is 0.224 e. The predicted octanol–water partition coefficient (Wildman–Crippen LogP) is 4.50. The van der Waals surface area contributed by atoms with Gasteiger partial charge in [0.1, 0.15) is 0 Å². The van der Waals surface area contributed by atoms with E-state index in [1.807, 2.05) is 48.2 Å². The van der Waals surface area contributed by atoms with E-state index in [9.17, 15) is 4.79 Å². The average Bonchev–Trinajstić information content (AvgIpc) is 2.68. The second kappa shape index (κ2) is 9.33. The zero-order chi connectivity index (χ0) is 19.1. The zero-order valence-corrected chi connectivity index (χ0v) is 16.4. The van der Waals surface area contributed by atoms with Gasteiger partial charge in [0, 0.05) is 40.8 Å². The molecule has 1 aromatic carbocycles. The summed E-state index contributed by atoms with van der Waals surface area (Å²) in [5.74, 6) is 0.0153. The molecular weight excluding hydrogens is 354 g/mol. The third kappa shape index (κ3) is 5.93. The fourth-order valence-electron chi connectivity index (χ4n) is 2.67. The molecule has 0 radical (unpaired) electrons. The van der Waals surface area contributed by atoms with Gasteiger partial charge >= 0.3 is 0 Å². The molecule has 2 heterocycles. The van der Waals surface area contributed by atoms with E-state index in [1.165, 1.54) is 4.90 Å². The first-order valence-corrected chi connectivity index (χ1v) is 9.86. The lowest BCUT2D eigenvalue weighted by molar-refractivity contribution is -0.120. The van der Waals surface area contributed by atoms with Gasteiger partial charge in [-0.25, -0.2) is 0 Å². The number of aromatic nitrogens is 2. The van der Waals surface area contributed by atoms with Crippen LogP contribution in [0.4, 0.5) is 0 Å². The highest BCUT2D eigenvalue weighted by Gasteiger charge is 2.06. The Bertz CT molecular complexity index is 880. The minimum Gasteiger partial charge on any atom is -0.352 e. The van der Waals surface area contributed by atoms with Crippen molar-refractivity contribution >= 4 is 17.7 Å². The van der Waals surface area contributed by atoms with Crippen molar-refractivity contribution in [2.75, 3.05) is 0 Å². The van der Waals surface area contributed by atoms with Crippen LogP contribution >= 0.6 is 11.8 Å². The van der Waals surface area contributed by atoms with E-state index in [-0.39, 0.29) is 5.91 Å². The van der Waals surface area contributed by atoms with Crippen LogP contribution < -0.4 is 5.32 Å². The molecule has 2 aromatic heterocycles. The summed E-state index contributed by atoms with van der Waals surface area (Å²) in [6.45, 7) is 4.83. The van der Waals surface area contributed by atoms with Crippen LogP contribution in [-0.2, 0) is 17.8 Å². The molecule has 0 saturated carbocycles. The minimum atomic E-state index is 0.0153. The number of benzene rings is 1. The summed E-state index contributed by atoms with van der Waals surface area (Å²) < 4.78 is 0. The van der Waals surface area contributed by atoms with Crippen molar-refractivity contribution in [3.63, 3.8) is 0 Å². The van der Waals surface area contributed by atoms with E-state index >= 15 is 0 Å². The molecule has 0 aliphatic heterocycles. The van der Waals surface area contributed by atoms with E-state index in [0.29, 0.717) is 18.2 Å². The van der Waals surface area contributed by atoms with Gasteiger partial charge in [-0.15, -0.1) is 11.8 Å². The van der Waals surface area contributed by atoms with Gasteiger partial charge in [0.2, 0.25) is 5.91 Å². The fourth-order valence-corrected chi connectivity index (χ4v) is 3.51. The number of nitrogens with one attached hydrogen (secondary N) is 1. The zero-order valence-electron chi connectivity index (χ0n) is 15.6. The standard InChI is InChI=1S/C22H23N3OS/c1-16(2)27-20-5-3-17(4-6-20)14-22(26)25-15-18-7-12-24-21(13-18)19-8-10-23-11-9-19/h3-13,16H,14-15H2,1-2H3,(H,25,26). The van der Waals surface area contributed by atoms with E-state index in [0.717, 1.165) is 22.4 Å². The summed E-state index contributed by atoms with van der Waals surface area (Å²) in [4.78, 5) is 21.9. The molecule has 0 saturated heterocycles. The number of rotatable bonds is 7. The molecule has 138 valence electrons. The lowest BCUT2D eigenvalue weighted by Gasteiger charge is -2.08. The second-order valence-corrected chi connectivity index (χ2v) is 8.20. The van der Waals surface area contributed by atoms with Crippen molar-refractivity contribution in [3.8, 4) is 11.3 Å². The highest BCUT2D eigenvalue weighted by atomic mass is 32.2. The van der Waals surface area contributed by atoms with E-state index < -0.39 is 0 Å². The van der Waals surface area contributed by atoms with Crippen molar-refractivity contribution in [2.24, 2.45) is 0 Å². The van der Waals surface area contributed by atoms with Crippen molar-refractivity contribution < 1.29 is 4.79 Å². The number of pyridine rings is 2. The first kappa shape index (κ1) is 19.1. The van der Waals surface area contributed by atoms with Crippen LogP contribution in [0, 0.1) is 0 Å². The summed E-state index contributed by atoms with van der Waals surface area (Å²) in [5, 5.41) is 3.54. The Morgan fingerprint density at radius 3 is 2.44 bits per heavy atom. The van der Waals surface area contributed by atoms with Crippen molar-refractivity contribution in [2.45, 2.75) is 37.0 Å². The number of amides is 1. The SMILES string of the molecule is CC(C)Sc1ccc(CC(=O)NCc2ccnc(-c3ccncc3)c2)cc1. The molecule has 0 aliphatic rings. The maximum absolute atomic E-state index is 12.3. The molecule has 0 fully saturated rings. The maximum Gasteiger partial charge on any atom is 0.224 e. The highest BCUT2D eigenvalue weighted by molar-refractivity contribution is 7.99. The molecule has 0 atom stereocenters. The minimum absolute atomic E-state index is 0.0153. The Kier molecular flexibility index (Phi) is 6.60. The number of hydrogen-bond donors (Lipinski definition) is 1. The Labute approximate surface area is 164 Å². The lowest BCUT2D eigenvalue weighted by Crippen LogP contribution is -2.24. The lowest BCUT2D eigenvalue weighted by atomic mass is 10.1. The molecule has 5 heteroatoms. The highest BCUT2D eigenvalue weighted by Crippen LogP contribution is 2.23. The number of carbonyl (C=O) groups is 1. The van der Waals surface area contributed by atoms with Crippen molar-refractivity contribution in [1.29, 1.82) is 0 Å². The Hall–Kier alpha value is -2.66. The Morgan fingerprint density at radius 2 is 1.74 bits per heavy atom. The van der Waals surface area contributed by atoms with Gasteiger partial charge in [-0.2, -0.15) is 0 Å². The average molecular weight is 378 g/mol. The van der Waals surface area contributed by atoms with Gasteiger partial charge in [0.15, 0.2) is 0 Å². The van der Waals surface area contributed by atoms with E-state index in [1.54, 1.807) is 18.6 Å². The summed E-state index contributed by atoms with van der Waals surface area (Å²) in [6, 6.07) is 16.0. The largest absolute Gasteiger partial charge is 0.352 e. The topological polar surface area (TPSA) is 54.9 Å². The number of carbonyl (C=O) groups excluding carboxylic acids is 1. The van der Waals surface area contributed by atoms with Crippen LogP contribution in [0.5, 0.6) is 0 Å². The molecule has 0 unspecified atom stereocenters. The van der Waals surface area contributed by atoms with Gasteiger partial charge < -0.3 is 5.32 Å². The Balaban J connectivity index is 1.55. The van der Waals surface area contributed by atoms with Crippen molar-refractivity contribution in [3.05, 3.63) is 78.2 Å². The van der Waals surface area contributed by atoms with Gasteiger partial charge in [0.25, 0.3) is 0 Å². The summed E-state index contributed by atoms with van der Waals surface area (Å²) in [6.07, 6.45) is 5.64. The second-order valence-electron chi connectivity index (χ2n) is 6.55. The molecule has 0 aliphatic carbocycles. The summed E-state index contributed by atoms with van der Waals surface area (Å²) >= 11 is 1.82. The first-order valence-electron chi connectivity index (χ1n) is 8.98. The van der Waals surface area contributed by atoms with Crippen molar-refractivity contribution in [1.82, 2.24) is 15.3 Å². The molecule has 1 N–H and O–H groups in total.